The van der Waals surface area contributed by atoms with Crippen molar-refractivity contribution >= 4 is 34.1 Å². The lowest BCUT2D eigenvalue weighted by Crippen LogP contribution is -2.00. The van der Waals surface area contributed by atoms with E-state index in [0.29, 0.717) is 12.4 Å². The van der Waals surface area contributed by atoms with E-state index in [9.17, 15) is 0 Å². The van der Waals surface area contributed by atoms with Crippen LogP contribution in [-0.2, 0) is 13.6 Å². The molecule has 0 aliphatic rings. The van der Waals surface area contributed by atoms with Gasteiger partial charge in [0.2, 0.25) is 0 Å². The number of aromatic nitrogens is 3. The second kappa shape index (κ2) is 4.75. The number of rotatable bonds is 4. The molecule has 0 unspecified atom stereocenters. The monoisotopic (exact) mass is 255 g/mol. The molecule has 0 saturated carbocycles. The number of thioether (sulfide) groups is 1. The first-order chi connectivity index (χ1) is 7.70. The highest BCUT2D eigenvalue weighted by Gasteiger charge is 2.10. The summed E-state index contributed by atoms with van der Waals surface area (Å²) >= 11 is 2.99. The van der Waals surface area contributed by atoms with Gasteiger partial charge in [-0.15, -0.1) is 11.8 Å². The fourth-order valence-electron chi connectivity index (χ4n) is 1.33. The molecule has 5 nitrogen and oxygen atoms in total. The summed E-state index contributed by atoms with van der Waals surface area (Å²) in [7, 11) is 1.90. The van der Waals surface area contributed by atoms with Gasteiger partial charge in [0.15, 0.2) is 5.82 Å². The number of anilines is 2. The molecule has 3 N–H and O–H groups in total. The molecule has 0 radical (unpaired) electrons. The standard InChI is InChI=1S/C9H13N5S2/c1-14-4-3-6(12-14)5-11-9-7(15-2)8(10)13-16-9/h3-4,11H,5H2,1-2H3,(H2,10,13). The van der Waals surface area contributed by atoms with Crippen molar-refractivity contribution < 1.29 is 0 Å². The summed E-state index contributed by atoms with van der Waals surface area (Å²) in [5, 5.41) is 8.59. The molecule has 0 spiro atoms. The largest absolute Gasteiger partial charge is 0.382 e. The van der Waals surface area contributed by atoms with Gasteiger partial charge in [0.1, 0.15) is 5.00 Å². The third-order valence-electron chi connectivity index (χ3n) is 2.08. The maximum Gasteiger partial charge on any atom is 0.153 e. The molecule has 16 heavy (non-hydrogen) atoms. The van der Waals surface area contributed by atoms with E-state index in [4.69, 9.17) is 5.73 Å². The van der Waals surface area contributed by atoms with Gasteiger partial charge in [0.05, 0.1) is 17.1 Å². The highest BCUT2D eigenvalue weighted by molar-refractivity contribution is 7.99. The number of hydrogen-bond donors (Lipinski definition) is 2. The molecule has 2 aromatic heterocycles. The fraction of sp³-hybridized carbons (Fsp3) is 0.333. The minimum absolute atomic E-state index is 0.598. The van der Waals surface area contributed by atoms with Gasteiger partial charge in [0, 0.05) is 13.2 Å². The van der Waals surface area contributed by atoms with Crippen LogP contribution < -0.4 is 11.1 Å². The van der Waals surface area contributed by atoms with Crippen LogP contribution in [0, 0.1) is 0 Å². The Balaban J connectivity index is 2.04. The Kier molecular flexibility index (Phi) is 3.35. The minimum atomic E-state index is 0.598. The summed E-state index contributed by atoms with van der Waals surface area (Å²) in [4.78, 5) is 1.01. The van der Waals surface area contributed by atoms with Crippen LogP contribution in [0.15, 0.2) is 17.2 Å². The lowest BCUT2D eigenvalue weighted by Gasteiger charge is -2.02. The maximum atomic E-state index is 5.74. The summed E-state index contributed by atoms with van der Waals surface area (Å²) in [6.07, 6.45) is 3.92. The molecule has 2 aromatic rings. The maximum absolute atomic E-state index is 5.74. The Labute approximate surface area is 102 Å². The molecule has 0 amide bonds. The molecule has 86 valence electrons. The quantitative estimate of drug-likeness (QED) is 0.815. The van der Waals surface area contributed by atoms with Gasteiger partial charge in [-0.25, -0.2) is 0 Å². The van der Waals surface area contributed by atoms with Crippen LogP contribution in [0.3, 0.4) is 0 Å². The van der Waals surface area contributed by atoms with Crippen molar-refractivity contribution in [3.05, 3.63) is 18.0 Å². The SMILES string of the molecule is CSc1c(N)nsc1NCc1ccn(C)n1. The molecule has 0 aliphatic carbocycles. The summed E-state index contributed by atoms with van der Waals surface area (Å²) in [5.74, 6) is 0.598. The van der Waals surface area contributed by atoms with Crippen LogP contribution in [-0.4, -0.2) is 20.4 Å². The van der Waals surface area contributed by atoms with E-state index in [0.717, 1.165) is 15.6 Å². The first kappa shape index (κ1) is 11.3. The Morgan fingerprint density at radius 2 is 2.44 bits per heavy atom. The fourth-order valence-corrected chi connectivity index (χ4v) is 2.87. The van der Waals surface area contributed by atoms with Crippen LogP contribution in [0.25, 0.3) is 0 Å². The van der Waals surface area contributed by atoms with Crippen molar-refractivity contribution in [3.63, 3.8) is 0 Å². The van der Waals surface area contributed by atoms with Gasteiger partial charge in [-0.1, -0.05) is 0 Å². The lowest BCUT2D eigenvalue weighted by atomic mass is 10.4. The molecule has 0 bridgehead atoms. The van der Waals surface area contributed by atoms with Crippen LogP contribution in [0.2, 0.25) is 0 Å². The van der Waals surface area contributed by atoms with E-state index < -0.39 is 0 Å². The van der Waals surface area contributed by atoms with Crippen LogP contribution in [0.5, 0.6) is 0 Å². The number of nitrogens with zero attached hydrogens (tertiary/aromatic N) is 3. The van der Waals surface area contributed by atoms with Crippen molar-refractivity contribution in [3.8, 4) is 0 Å². The predicted molar refractivity (Wildman–Crippen MR) is 68.8 cm³/mol. The number of nitrogens with two attached hydrogens (primary N) is 1. The zero-order valence-corrected chi connectivity index (χ0v) is 10.7. The van der Waals surface area contributed by atoms with E-state index in [1.54, 1.807) is 16.4 Å². The van der Waals surface area contributed by atoms with Crippen molar-refractivity contribution in [2.45, 2.75) is 11.4 Å². The highest BCUT2D eigenvalue weighted by Crippen LogP contribution is 2.34. The molecular weight excluding hydrogens is 242 g/mol. The molecule has 2 heterocycles. The van der Waals surface area contributed by atoms with Crippen molar-refractivity contribution in [2.75, 3.05) is 17.3 Å². The Bertz CT molecular complexity index is 476. The second-order valence-electron chi connectivity index (χ2n) is 3.26. The Hall–Kier alpha value is -1.21. The van der Waals surface area contributed by atoms with Gasteiger partial charge in [-0.3, -0.25) is 4.68 Å². The molecule has 0 fully saturated rings. The summed E-state index contributed by atoms with van der Waals surface area (Å²) in [5.41, 5.74) is 6.75. The van der Waals surface area contributed by atoms with E-state index in [1.165, 1.54) is 11.5 Å². The topological polar surface area (TPSA) is 68.8 Å². The average molecular weight is 255 g/mol. The summed E-state index contributed by atoms with van der Waals surface area (Å²) < 4.78 is 5.90. The summed E-state index contributed by atoms with van der Waals surface area (Å²) in [6, 6.07) is 1.98. The number of hydrogen-bond acceptors (Lipinski definition) is 6. The van der Waals surface area contributed by atoms with E-state index in [2.05, 4.69) is 14.8 Å². The van der Waals surface area contributed by atoms with Crippen LogP contribution in [0.4, 0.5) is 10.8 Å². The van der Waals surface area contributed by atoms with Gasteiger partial charge < -0.3 is 11.1 Å². The van der Waals surface area contributed by atoms with E-state index >= 15 is 0 Å². The van der Waals surface area contributed by atoms with E-state index in [-0.39, 0.29) is 0 Å². The number of aryl methyl sites for hydroxylation is 1. The summed E-state index contributed by atoms with van der Waals surface area (Å²) in [6.45, 7) is 0.691. The van der Waals surface area contributed by atoms with Crippen molar-refractivity contribution in [1.82, 2.24) is 14.2 Å². The Morgan fingerprint density at radius 3 is 3.06 bits per heavy atom. The van der Waals surface area contributed by atoms with Crippen LogP contribution in [0.1, 0.15) is 5.69 Å². The van der Waals surface area contributed by atoms with Crippen molar-refractivity contribution in [1.29, 1.82) is 0 Å². The van der Waals surface area contributed by atoms with Gasteiger partial charge >= 0.3 is 0 Å². The third kappa shape index (κ3) is 2.30. The zero-order chi connectivity index (χ0) is 11.5. The van der Waals surface area contributed by atoms with Crippen LogP contribution >= 0.6 is 23.3 Å². The van der Waals surface area contributed by atoms with E-state index in [1.807, 2.05) is 25.6 Å². The first-order valence-electron chi connectivity index (χ1n) is 4.72. The van der Waals surface area contributed by atoms with Gasteiger partial charge in [0.25, 0.3) is 0 Å². The predicted octanol–water partition coefficient (Wildman–Crippen LogP) is 1.79. The zero-order valence-electron chi connectivity index (χ0n) is 9.10. The van der Waals surface area contributed by atoms with Gasteiger partial charge in [-0.2, -0.15) is 9.47 Å². The molecule has 2 rings (SSSR count). The minimum Gasteiger partial charge on any atom is -0.382 e. The molecule has 0 aliphatic heterocycles. The number of nitrogen functional groups attached to an aromatic ring is 1. The third-order valence-corrected chi connectivity index (χ3v) is 3.85. The molecule has 0 aromatic carbocycles. The highest BCUT2D eigenvalue weighted by atomic mass is 32.2. The molecular formula is C9H13N5S2. The Morgan fingerprint density at radius 1 is 1.62 bits per heavy atom. The first-order valence-corrected chi connectivity index (χ1v) is 6.72. The molecule has 7 heteroatoms. The molecule has 0 saturated heterocycles. The lowest BCUT2D eigenvalue weighted by molar-refractivity contribution is 0.747. The normalized spacial score (nSPS) is 10.6. The van der Waals surface area contributed by atoms with Crippen molar-refractivity contribution in [2.24, 2.45) is 7.05 Å². The second-order valence-corrected chi connectivity index (χ2v) is 4.85. The number of nitrogens with one attached hydrogen (secondary N) is 1. The van der Waals surface area contributed by atoms with Gasteiger partial charge in [-0.05, 0) is 23.9 Å². The molecule has 0 atom stereocenters. The smallest absolute Gasteiger partial charge is 0.153 e. The average Bonchev–Trinajstić information content (AvgIpc) is 2.82.